The second-order valence-corrected chi connectivity index (χ2v) is 8.04. The number of carbonyl (C=O) groups excluding carboxylic acids is 1. The van der Waals surface area contributed by atoms with Gasteiger partial charge in [-0.05, 0) is 49.4 Å². The number of nitrogens with zero attached hydrogens (tertiary/aromatic N) is 2. The standard InChI is InChI=1S/C25H28N4O5/c1-15(29-10-12-34-13-11-29)22-21(25(31)32)23(27-17-5-7-18(33-3)8-6-17)19-14-16(24(30)26-2)4-9-20(19)28-22/h4-9,14-15H,10-13H2,1-3H3,(H,26,30)(H,27,28)(H,31,32). The summed E-state index contributed by atoms with van der Waals surface area (Å²) in [4.78, 5) is 31.9. The number of rotatable bonds is 7. The first-order valence-corrected chi connectivity index (χ1v) is 11.1. The predicted molar refractivity (Wildman–Crippen MR) is 129 cm³/mol. The molecule has 3 aromatic rings. The largest absolute Gasteiger partial charge is 0.497 e. The van der Waals surface area contributed by atoms with E-state index in [1.54, 1.807) is 44.5 Å². The zero-order valence-electron chi connectivity index (χ0n) is 19.4. The number of amides is 1. The van der Waals surface area contributed by atoms with Crippen molar-refractivity contribution in [2.45, 2.75) is 13.0 Å². The van der Waals surface area contributed by atoms with E-state index in [0.717, 1.165) is 0 Å². The molecule has 1 atom stereocenters. The maximum Gasteiger partial charge on any atom is 0.339 e. The van der Waals surface area contributed by atoms with Gasteiger partial charge in [0.05, 0.1) is 43.3 Å². The molecule has 4 rings (SSSR count). The number of methoxy groups -OCH3 is 1. The normalized spacial score (nSPS) is 15.0. The van der Waals surface area contributed by atoms with Crippen LogP contribution in [0, 0.1) is 0 Å². The minimum atomic E-state index is -1.09. The van der Waals surface area contributed by atoms with Gasteiger partial charge in [-0.3, -0.25) is 14.7 Å². The van der Waals surface area contributed by atoms with Crippen molar-refractivity contribution in [2.24, 2.45) is 0 Å². The van der Waals surface area contributed by atoms with Crippen molar-refractivity contribution in [1.29, 1.82) is 0 Å². The number of hydrogen-bond donors (Lipinski definition) is 3. The van der Waals surface area contributed by atoms with Crippen LogP contribution in [0.3, 0.4) is 0 Å². The second kappa shape index (κ2) is 10.1. The quantitative estimate of drug-likeness (QED) is 0.487. The highest BCUT2D eigenvalue weighted by Gasteiger charge is 2.29. The SMILES string of the molecule is CNC(=O)c1ccc2nc(C(C)N3CCOCC3)c(C(=O)O)c(Nc3ccc(OC)cc3)c2c1. The molecule has 3 N–H and O–H groups in total. The van der Waals surface area contributed by atoms with Crippen molar-refractivity contribution < 1.29 is 24.2 Å². The van der Waals surface area contributed by atoms with E-state index >= 15 is 0 Å². The van der Waals surface area contributed by atoms with Gasteiger partial charge in [0, 0.05) is 36.8 Å². The third-order valence-corrected chi connectivity index (χ3v) is 6.06. The molecule has 1 aromatic heterocycles. The van der Waals surface area contributed by atoms with Gasteiger partial charge in [-0.1, -0.05) is 0 Å². The Hall–Kier alpha value is -3.69. The van der Waals surface area contributed by atoms with E-state index in [1.807, 2.05) is 19.1 Å². The van der Waals surface area contributed by atoms with Crippen molar-refractivity contribution in [3.8, 4) is 5.75 Å². The molecule has 1 fully saturated rings. The summed E-state index contributed by atoms with van der Waals surface area (Å²) in [7, 11) is 3.14. The van der Waals surface area contributed by atoms with Gasteiger partial charge in [0.25, 0.3) is 5.91 Å². The Bertz CT molecular complexity index is 1210. The molecule has 9 heteroatoms. The van der Waals surface area contributed by atoms with E-state index in [1.165, 1.54) is 0 Å². The first-order valence-electron chi connectivity index (χ1n) is 11.1. The summed E-state index contributed by atoms with van der Waals surface area (Å²) >= 11 is 0. The monoisotopic (exact) mass is 464 g/mol. The number of aromatic carboxylic acids is 1. The molecule has 0 spiro atoms. The number of aromatic nitrogens is 1. The number of benzene rings is 2. The van der Waals surface area contributed by atoms with Crippen LogP contribution in [0.1, 0.15) is 39.4 Å². The first-order chi connectivity index (χ1) is 16.4. The van der Waals surface area contributed by atoms with Crippen molar-refractivity contribution >= 4 is 34.2 Å². The van der Waals surface area contributed by atoms with Crippen molar-refractivity contribution in [3.05, 3.63) is 59.3 Å². The van der Waals surface area contributed by atoms with E-state index in [9.17, 15) is 14.7 Å². The molecule has 34 heavy (non-hydrogen) atoms. The summed E-state index contributed by atoms with van der Waals surface area (Å²) < 4.78 is 10.7. The summed E-state index contributed by atoms with van der Waals surface area (Å²) in [6.07, 6.45) is 0. The summed E-state index contributed by atoms with van der Waals surface area (Å²) in [5.41, 5.74) is 2.64. The van der Waals surface area contributed by atoms with Crippen LogP contribution in [0.2, 0.25) is 0 Å². The molecule has 1 aliphatic heterocycles. The summed E-state index contributed by atoms with van der Waals surface area (Å²) in [5.74, 6) is -0.669. The summed E-state index contributed by atoms with van der Waals surface area (Å²) in [5, 5.41) is 16.8. The zero-order chi connectivity index (χ0) is 24.2. The third-order valence-electron chi connectivity index (χ3n) is 6.06. The Morgan fingerprint density at radius 3 is 2.47 bits per heavy atom. The number of nitrogens with one attached hydrogen (secondary N) is 2. The molecule has 2 aromatic carbocycles. The molecule has 0 radical (unpaired) electrons. The van der Waals surface area contributed by atoms with Crippen molar-refractivity contribution in [3.63, 3.8) is 0 Å². The molecule has 178 valence electrons. The van der Waals surface area contributed by atoms with Gasteiger partial charge in [-0.2, -0.15) is 0 Å². The Balaban J connectivity index is 1.92. The van der Waals surface area contributed by atoms with Crippen molar-refractivity contribution in [2.75, 3.05) is 45.8 Å². The molecule has 1 aliphatic rings. The molecule has 0 saturated carbocycles. The Morgan fingerprint density at radius 1 is 1.15 bits per heavy atom. The number of fused-ring (bicyclic) bond motifs is 1. The van der Waals surface area contributed by atoms with Crippen LogP contribution in [-0.2, 0) is 4.74 Å². The third kappa shape index (κ3) is 4.66. The first kappa shape index (κ1) is 23.5. The molecule has 1 amide bonds. The Labute approximate surface area is 197 Å². The second-order valence-electron chi connectivity index (χ2n) is 8.04. The lowest BCUT2D eigenvalue weighted by atomic mass is 9.99. The van der Waals surface area contributed by atoms with Gasteiger partial charge in [-0.25, -0.2) is 4.79 Å². The average Bonchev–Trinajstić information content (AvgIpc) is 2.88. The van der Waals surface area contributed by atoms with E-state index in [4.69, 9.17) is 14.5 Å². The zero-order valence-corrected chi connectivity index (χ0v) is 19.4. The fourth-order valence-electron chi connectivity index (χ4n) is 4.17. The van der Waals surface area contributed by atoms with Crippen LogP contribution >= 0.6 is 0 Å². The Kier molecular flexibility index (Phi) is 6.95. The van der Waals surface area contributed by atoms with Crippen LogP contribution in [0.5, 0.6) is 5.75 Å². The molecule has 0 bridgehead atoms. The van der Waals surface area contributed by atoms with Crippen LogP contribution in [0.15, 0.2) is 42.5 Å². The van der Waals surface area contributed by atoms with E-state index in [2.05, 4.69) is 15.5 Å². The van der Waals surface area contributed by atoms with E-state index in [0.29, 0.717) is 65.6 Å². The number of morpholine rings is 1. The maximum atomic E-state index is 12.6. The van der Waals surface area contributed by atoms with Crippen LogP contribution in [-0.4, -0.2) is 67.3 Å². The number of carbonyl (C=O) groups is 2. The van der Waals surface area contributed by atoms with Gasteiger partial charge in [-0.15, -0.1) is 0 Å². The predicted octanol–water partition coefficient (Wildman–Crippen LogP) is 3.44. The van der Waals surface area contributed by atoms with Gasteiger partial charge in [0.15, 0.2) is 0 Å². The smallest absolute Gasteiger partial charge is 0.339 e. The van der Waals surface area contributed by atoms with Gasteiger partial charge in [0.2, 0.25) is 0 Å². The number of hydrogen-bond acceptors (Lipinski definition) is 7. The fraction of sp³-hybridized carbons (Fsp3) is 0.320. The highest BCUT2D eigenvalue weighted by atomic mass is 16.5. The Morgan fingerprint density at radius 2 is 1.85 bits per heavy atom. The average molecular weight is 465 g/mol. The van der Waals surface area contributed by atoms with E-state index in [-0.39, 0.29) is 17.5 Å². The van der Waals surface area contributed by atoms with Gasteiger partial charge < -0.3 is 25.2 Å². The number of carboxylic acid groups (broad SMARTS) is 1. The topological polar surface area (TPSA) is 113 Å². The molecule has 1 saturated heterocycles. The lowest BCUT2D eigenvalue weighted by molar-refractivity contribution is 0.0188. The van der Waals surface area contributed by atoms with Crippen LogP contribution in [0.25, 0.3) is 10.9 Å². The van der Waals surface area contributed by atoms with Gasteiger partial charge >= 0.3 is 5.97 Å². The maximum absolute atomic E-state index is 12.6. The van der Waals surface area contributed by atoms with E-state index < -0.39 is 5.97 Å². The molecular weight excluding hydrogens is 436 g/mol. The van der Waals surface area contributed by atoms with Crippen molar-refractivity contribution in [1.82, 2.24) is 15.2 Å². The molecule has 2 heterocycles. The van der Waals surface area contributed by atoms with Crippen LogP contribution in [0.4, 0.5) is 11.4 Å². The van der Waals surface area contributed by atoms with Gasteiger partial charge in [0.1, 0.15) is 11.3 Å². The molecule has 0 aliphatic carbocycles. The number of pyridine rings is 1. The summed E-state index contributed by atoms with van der Waals surface area (Å²) in [6, 6.07) is 12.1. The number of ether oxygens (including phenoxy) is 2. The molecular formula is C25H28N4O5. The highest BCUT2D eigenvalue weighted by Crippen LogP contribution is 2.36. The summed E-state index contributed by atoms with van der Waals surface area (Å²) in [6.45, 7) is 4.52. The number of carboxylic acids is 1. The molecule has 1 unspecified atom stereocenters. The minimum Gasteiger partial charge on any atom is -0.497 e. The van der Waals surface area contributed by atoms with Crippen LogP contribution < -0.4 is 15.4 Å². The molecule has 9 nitrogen and oxygen atoms in total. The number of anilines is 2. The lowest BCUT2D eigenvalue weighted by Gasteiger charge is -2.33. The minimum absolute atomic E-state index is 0.0800. The fourth-order valence-corrected chi connectivity index (χ4v) is 4.17. The lowest BCUT2D eigenvalue weighted by Crippen LogP contribution is -2.39. The highest BCUT2D eigenvalue weighted by molar-refractivity contribution is 6.08.